The average Bonchev–Trinajstić information content (AvgIpc) is 2.52. The SMILES string of the molecule is CCCNc1cc(NCC2CCC(CC)CC2)ccn1. The van der Waals surface area contributed by atoms with E-state index in [1.54, 1.807) is 0 Å². The van der Waals surface area contributed by atoms with E-state index in [4.69, 9.17) is 0 Å². The van der Waals surface area contributed by atoms with E-state index < -0.39 is 0 Å². The van der Waals surface area contributed by atoms with Gasteiger partial charge in [-0.1, -0.05) is 33.1 Å². The minimum absolute atomic E-state index is 0.845. The third-order valence-corrected chi connectivity index (χ3v) is 4.45. The van der Waals surface area contributed by atoms with Crippen LogP contribution in [-0.2, 0) is 0 Å². The zero-order valence-electron chi connectivity index (χ0n) is 13.0. The molecule has 0 radical (unpaired) electrons. The Morgan fingerprint density at radius 3 is 2.55 bits per heavy atom. The fraction of sp³-hybridized carbons (Fsp3) is 0.706. The van der Waals surface area contributed by atoms with Crippen molar-refractivity contribution >= 4 is 11.5 Å². The van der Waals surface area contributed by atoms with Gasteiger partial charge in [-0.2, -0.15) is 0 Å². The summed E-state index contributed by atoms with van der Waals surface area (Å²) in [6, 6.07) is 4.18. The van der Waals surface area contributed by atoms with Crippen molar-refractivity contribution in [3.63, 3.8) is 0 Å². The average molecular weight is 275 g/mol. The molecule has 1 fully saturated rings. The Balaban J connectivity index is 1.76. The number of aromatic nitrogens is 1. The van der Waals surface area contributed by atoms with Crippen molar-refractivity contribution in [2.75, 3.05) is 23.7 Å². The normalized spacial score (nSPS) is 22.5. The second kappa shape index (κ2) is 8.13. The molecule has 0 saturated heterocycles. The summed E-state index contributed by atoms with van der Waals surface area (Å²) in [5, 5.41) is 6.92. The lowest BCUT2D eigenvalue weighted by atomic mass is 9.81. The van der Waals surface area contributed by atoms with E-state index in [0.717, 1.165) is 37.2 Å². The van der Waals surface area contributed by atoms with Crippen LogP contribution in [0.1, 0.15) is 52.4 Å². The predicted molar refractivity (Wildman–Crippen MR) is 87.2 cm³/mol. The van der Waals surface area contributed by atoms with Gasteiger partial charge in [0.05, 0.1) is 0 Å². The van der Waals surface area contributed by atoms with E-state index in [-0.39, 0.29) is 0 Å². The first-order chi connectivity index (χ1) is 9.81. The van der Waals surface area contributed by atoms with Crippen LogP contribution in [0.25, 0.3) is 0 Å². The van der Waals surface area contributed by atoms with Gasteiger partial charge in [-0.05, 0) is 37.2 Å². The van der Waals surface area contributed by atoms with Crippen LogP contribution in [0.3, 0.4) is 0 Å². The molecule has 1 saturated carbocycles. The molecule has 0 aromatic carbocycles. The molecule has 0 unspecified atom stereocenters. The molecule has 0 atom stereocenters. The van der Waals surface area contributed by atoms with Crippen molar-refractivity contribution in [1.29, 1.82) is 0 Å². The Bertz CT molecular complexity index is 384. The third-order valence-electron chi connectivity index (χ3n) is 4.45. The number of hydrogen-bond acceptors (Lipinski definition) is 3. The van der Waals surface area contributed by atoms with Gasteiger partial charge >= 0.3 is 0 Å². The molecule has 0 aliphatic heterocycles. The molecule has 1 aliphatic rings. The highest BCUT2D eigenvalue weighted by Gasteiger charge is 2.19. The van der Waals surface area contributed by atoms with Crippen LogP contribution in [0, 0.1) is 11.8 Å². The lowest BCUT2D eigenvalue weighted by molar-refractivity contribution is 0.278. The molecular formula is C17H29N3. The van der Waals surface area contributed by atoms with E-state index in [0.29, 0.717) is 0 Å². The smallest absolute Gasteiger partial charge is 0.127 e. The zero-order valence-corrected chi connectivity index (χ0v) is 13.0. The molecule has 0 spiro atoms. The maximum absolute atomic E-state index is 4.34. The van der Waals surface area contributed by atoms with Crippen LogP contribution >= 0.6 is 0 Å². The molecule has 1 aromatic heterocycles. The summed E-state index contributed by atoms with van der Waals surface area (Å²) in [5.41, 5.74) is 1.19. The lowest BCUT2D eigenvalue weighted by Gasteiger charge is -2.28. The molecule has 1 aromatic rings. The number of nitrogens with zero attached hydrogens (tertiary/aromatic N) is 1. The Kier molecular flexibility index (Phi) is 6.16. The quantitative estimate of drug-likeness (QED) is 0.767. The Hall–Kier alpha value is -1.25. The first kappa shape index (κ1) is 15.1. The fourth-order valence-corrected chi connectivity index (χ4v) is 3.00. The first-order valence-electron chi connectivity index (χ1n) is 8.25. The molecule has 1 heterocycles. The number of rotatable bonds is 7. The highest BCUT2D eigenvalue weighted by Crippen LogP contribution is 2.30. The first-order valence-corrected chi connectivity index (χ1v) is 8.25. The van der Waals surface area contributed by atoms with Crippen LogP contribution in [0.2, 0.25) is 0 Å². The molecule has 20 heavy (non-hydrogen) atoms. The van der Waals surface area contributed by atoms with Gasteiger partial charge in [-0.25, -0.2) is 4.98 Å². The predicted octanol–water partition coefficient (Wildman–Crippen LogP) is 4.53. The molecular weight excluding hydrogens is 246 g/mol. The van der Waals surface area contributed by atoms with Gasteiger partial charge in [0.1, 0.15) is 5.82 Å². The highest BCUT2D eigenvalue weighted by atomic mass is 15.0. The molecule has 1 aliphatic carbocycles. The summed E-state index contributed by atoms with van der Waals surface area (Å²) in [5.74, 6) is 2.81. The van der Waals surface area contributed by atoms with Crippen molar-refractivity contribution < 1.29 is 0 Å². The van der Waals surface area contributed by atoms with Crippen molar-refractivity contribution in [1.82, 2.24) is 4.98 Å². The number of anilines is 2. The minimum Gasteiger partial charge on any atom is -0.385 e. The van der Waals surface area contributed by atoms with Gasteiger partial charge < -0.3 is 10.6 Å². The fourth-order valence-electron chi connectivity index (χ4n) is 3.00. The molecule has 2 N–H and O–H groups in total. The summed E-state index contributed by atoms with van der Waals surface area (Å²) in [7, 11) is 0. The Morgan fingerprint density at radius 2 is 1.85 bits per heavy atom. The van der Waals surface area contributed by atoms with E-state index in [1.807, 2.05) is 6.20 Å². The van der Waals surface area contributed by atoms with E-state index in [9.17, 15) is 0 Å². The maximum atomic E-state index is 4.34. The Labute approximate surface area is 123 Å². The van der Waals surface area contributed by atoms with Gasteiger partial charge in [-0.15, -0.1) is 0 Å². The lowest BCUT2D eigenvalue weighted by Crippen LogP contribution is -2.21. The van der Waals surface area contributed by atoms with Crippen LogP contribution in [-0.4, -0.2) is 18.1 Å². The monoisotopic (exact) mass is 275 g/mol. The van der Waals surface area contributed by atoms with Crippen LogP contribution in [0.4, 0.5) is 11.5 Å². The van der Waals surface area contributed by atoms with Gasteiger partial charge in [0, 0.05) is 31.0 Å². The summed E-state index contributed by atoms with van der Waals surface area (Å²) >= 11 is 0. The molecule has 3 heteroatoms. The standard InChI is InChI=1S/C17H29N3/c1-3-10-18-17-12-16(9-11-19-17)20-13-15-7-5-14(4-2)6-8-15/h9,11-12,14-15H,3-8,10,13H2,1-2H3,(H2,18,19,20). The number of nitrogens with one attached hydrogen (secondary N) is 2. The minimum atomic E-state index is 0.845. The topological polar surface area (TPSA) is 37.0 Å². The van der Waals surface area contributed by atoms with E-state index >= 15 is 0 Å². The van der Waals surface area contributed by atoms with E-state index in [2.05, 4.69) is 41.6 Å². The molecule has 0 bridgehead atoms. The zero-order chi connectivity index (χ0) is 14.2. The largest absolute Gasteiger partial charge is 0.385 e. The van der Waals surface area contributed by atoms with Crippen LogP contribution < -0.4 is 10.6 Å². The second-order valence-corrected chi connectivity index (χ2v) is 6.03. The molecule has 2 rings (SSSR count). The van der Waals surface area contributed by atoms with Crippen molar-refractivity contribution in [3.05, 3.63) is 18.3 Å². The van der Waals surface area contributed by atoms with Gasteiger partial charge in [0.25, 0.3) is 0 Å². The number of hydrogen-bond donors (Lipinski definition) is 2. The summed E-state index contributed by atoms with van der Waals surface area (Å²) in [4.78, 5) is 4.34. The second-order valence-electron chi connectivity index (χ2n) is 6.03. The summed E-state index contributed by atoms with van der Waals surface area (Å²) in [6.45, 7) is 6.58. The van der Waals surface area contributed by atoms with Gasteiger partial charge in [-0.3, -0.25) is 0 Å². The molecule has 3 nitrogen and oxygen atoms in total. The van der Waals surface area contributed by atoms with Crippen molar-refractivity contribution in [3.8, 4) is 0 Å². The highest BCUT2D eigenvalue weighted by molar-refractivity contribution is 5.51. The van der Waals surface area contributed by atoms with Crippen molar-refractivity contribution in [2.24, 2.45) is 11.8 Å². The number of pyridine rings is 1. The third kappa shape index (κ3) is 4.69. The van der Waals surface area contributed by atoms with Crippen molar-refractivity contribution in [2.45, 2.75) is 52.4 Å². The summed E-state index contributed by atoms with van der Waals surface area (Å²) < 4.78 is 0. The van der Waals surface area contributed by atoms with Crippen LogP contribution in [0.15, 0.2) is 18.3 Å². The van der Waals surface area contributed by atoms with Gasteiger partial charge in [0.15, 0.2) is 0 Å². The van der Waals surface area contributed by atoms with Gasteiger partial charge in [0.2, 0.25) is 0 Å². The van der Waals surface area contributed by atoms with E-state index in [1.165, 1.54) is 37.8 Å². The molecule has 112 valence electrons. The molecule has 0 amide bonds. The Morgan fingerprint density at radius 1 is 1.10 bits per heavy atom. The summed E-state index contributed by atoms with van der Waals surface area (Å²) in [6.07, 6.45) is 9.98. The van der Waals surface area contributed by atoms with Crippen LogP contribution in [0.5, 0.6) is 0 Å². The maximum Gasteiger partial charge on any atom is 0.127 e.